The molecule has 0 saturated heterocycles. The van der Waals surface area contributed by atoms with E-state index in [4.69, 9.17) is 4.74 Å². The van der Waals surface area contributed by atoms with Crippen molar-refractivity contribution < 1.29 is 13.9 Å². The van der Waals surface area contributed by atoms with E-state index in [2.05, 4.69) is 25.6 Å². The van der Waals surface area contributed by atoms with Gasteiger partial charge in [0, 0.05) is 5.56 Å². The predicted octanol–water partition coefficient (Wildman–Crippen LogP) is 12.7. The zero-order valence-electron chi connectivity index (χ0n) is 27.0. The van der Waals surface area contributed by atoms with Crippen molar-refractivity contribution in [2.24, 2.45) is 0 Å². The first kappa shape index (κ1) is 35.0. The number of benzene rings is 3. The summed E-state index contributed by atoms with van der Waals surface area (Å²) < 4.78 is 19.7. The maximum atomic E-state index is 13.2. The van der Waals surface area contributed by atoms with Crippen LogP contribution in [-0.4, -0.2) is 5.78 Å². The van der Waals surface area contributed by atoms with Gasteiger partial charge in [-0.05, 0) is 72.0 Å². The molecule has 0 bridgehead atoms. The fourth-order valence-corrected chi connectivity index (χ4v) is 5.55. The van der Waals surface area contributed by atoms with Gasteiger partial charge in [-0.25, -0.2) is 4.39 Å². The molecule has 0 amide bonds. The van der Waals surface area contributed by atoms with E-state index < -0.39 is 0 Å². The number of allylic oxidation sites excluding steroid dienone is 1. The lowest BCUT2D eigenvalue weighted by Crippen LogP contribution is -2.08. The molecule has 0 saturated carbocycles. The molecule has 0 N–H and O–H groups in total. The van der Waals surface area contributed by atoms with Crippen LogP contribution >= 0.6 is 0 Å². The third-order valence-corrected chi connectivity index (χ3v) is 8.33. The molecule has 2 nitrogen and oxygen atoms in total. The first-order valence-electron chi connectivity index (χ1n) is 17.1. The summed E-state index contributed by atoms with van der Waals surface area (Å²) in [6.07, 6.45) is 26.4. The summed E-state index contributed by atoms with van der Waals surface area (Å²) in [4.78, 5) is 12.4. The van der Waals surface area contributed by atoms with Gasteiger partial charge in [-0.3, -0.25) is 4.79 Å². The molecule has 44 heavy (non-hydrogen) atoms. The molecule has 0 radical (unpaired) electrons. The molecule has 3 heteroatoms. The molecule has 0 spiro atoms. The zero-order chi connectivity index (χ0) is 31.2. The van der Waals surface area contributed by atoms with Gasteiger partial charge in [0.1, 0.15) is 17.7 Å². The Hall–Kier alpha value is -3.46. The number of halogens is 1. The number of ketones is 1. The molecular formula is C41H53FO2. The Morgan fingerprint density at radius 2 is 1.18 bits per heavy atom. The molecule has 0 aliphatic rings. The molecule has 1 unspecified atom stereocenters. The van der Waals surface area contributed by atoms with E-state index >= 15 is 0 Å². The number of ether oxygens (including phenoxy) is 1. The Morgan fingerprint density at radius 1 is 0.682 bits per heavy atom. The Labute approximate surface area is 266 Å². The Morgan fingerprint density at radius 3 is 1.70 bits per heavy atom. The number of unbranched alkanes of at least 4 members (excludes halogenated alkanes) is 14. The normalized spacial score (nSPS) is 12.0. The van der Waals surface area contributed by atoms with Gasteiger partial charge in [-0.15, -0.1) is 0 Å². The van der Waals surface area contributed by atoms with Crippen molar-refractivity contribution in [2.45, 2.75) is 116 Å². The monoisotopic (exact) mass is 596 g/mol. The van der Waals surface area contributed by atoms with Crippen LogP contribution in [0.2, 0.25) is 0 Å². The standard InChI is InChI=1S/C41H53FO2/c1-3-5-6-7-8-9-10-11-12-13-14-15-16-17-18-19-41(44-39-31-22-34(4-2)23-32-39)37-25-20-35(21-26-37)24-33-40(43)36-27-29-38(42)30-28-36/h4,20-33,41H,2-3,5-19H2,1H3. The summed E-state index contributed by atoms with van der Waals surface area (Å²) in [5.74, 6) is 0.362. The summed E-state index contributed by atoms with van der Waals surface area (Å²) in [6.45, 7) is 6.13. The van der Waals surface area contributed by atoms with Crippen molar-refractivity contribution in [3.8, 4) is 5.75 Å². The fourth-order valence-electron chi connectivity index (χ4n) is 5.55. The van der Waals surface area contributed by atoms with Crippen molar-refractivity contribution in [3.05, 3.63) is 114 Å². The van der Waals surface area contributed by atoms with E-state index in [1.54, 1.807) is 6.08 Å². The van der Waals surface area contributed by atoms with E-state index in [9.17, 15) is 9.18 Å². The molecule has 236 valence electrons. The van der Waals surface area contributed by atoms with Gasteiger partial charge < -0.3 is 4.74 Å². The molecular weight excluding hydrogens is 543 g/mol. The van der Waals surface area contributed by atoms with Gasteiger partial charge in [0.05, 0.1) is 0 Å². The first-order chi connectivity index (χ1) is 21.6. The average molecular weight is 597 g/mol. The second-order valence-corrected chi connectivity index (χ2v) is 12.0. The van der Waals surface area contributed by atoms with E-state index in [0.29, 0.717) is 5.56 Å². The third kappa shape index (κ3) is 13.9. The van der Waals surface area contributed by atoms with Crippen LogP contribution in [0, 0.1) is 5.82 Å². The van der Waals surface area contributed by atoms with Crippen molar-refractivity contribution >= 4 is 17.9 Å². The quantitative estimate of drug-likeness (QED) is 0.0618. The van der Waals surface area contributed by atoms with Gasteiger partial charge in [0.25, 0.3) is 0 Å². The van der Waals surface area contributed by atoms with Crippen LogP contribution in [0.5, 0.6) is 5.75 Å². The minimum atomic E-state index is -0.348. The maximum Gasteiger partial charge on any atom is 0.185 e. The molecule has 1 atom stereocenters. The highest BCUT2D eigenvalue weighted by molar-refractivity contribution is 6.06. The maximum absolute atomic E-state index is 13.2. The van der Waals surface area contributed by atoms with Gasteiger partial charge in [-0.2, -0.15) is 0 Å². The number of hydrogen-bond donors (Lipinski definition) is 0. The first-order valence-corrected chi connectivity index (χ1v) is 17.1. The van der Waals surface area contributed by atoms with Crippen molar-refractivity contribution in [1.29, 1.82) is 0 Å². The Kier molecular flexibility index (Phi) is 16.9. The average Bonchev–Trinajstić information content (AvgIpc) is 3.05. The van der Waals surface area contributed by atoms with Crippen LogP contribution in [-0.2, 0) is 0 Å². The molecule has 0 aliphatic carbocycles. The smallest absolute Gasteiger partial charge is 0.185 e. The summed E-state index contributed by atoms with van der Waals surface area (Å²) in [5, 5.41) is 0. The van der Waals surface area contributed by atoms with Crippen molar-refractivity contribution in [1.82, 2.24) is 0 Å². The second-order valence-electron chi connectivity index (χ2n) is 12.0. The molecule has 0 aromatic heterocycles. The van der Waals surface area contributed by atoms with Crippen LogP contribution in [0.1, 0.15) is 143 Å². The molecule has 3 aromatic rings. The fraction of sp³-hybridized carbons (Fsp3) is 0.439. The highest BCUT2D eigenvalue weighted by Crippen LogP contribution is 2.28. The van der Waals surface area contributed by atoms with Crippen LogP contribution in [0.15, 0.2) is 85.5 Å². The Bertz CT molecular complexity index is 1230. The second kappa shape index (κ2) is 21.3. The summed E-state index contributed by atoms with van der Waals surface area (Å²) in [5.41, 5.74) is 3.61. The third-order valence-electron chi connectivity index (χ3n) is 8.33. The number of hydrogen-bond acceptors (Lipinski definition) is 2. The SMILES string of the molecule is C=Cc1ccc(OC(CCCCCCCCCCCCCCCCC)c2ccc(C=CC(=O)c3ccc(F)cc3)cc2)cc1. The summed E-state index contributed by atoms with van der Waals surface area (Å²) in [6, 6.07) is 21.9. The minimum absolute atomic E-state index is 0.0366. The largest absolute Gasteiger partial charge is 0.486 e. The van der Waals surface area contributed by atoms with Gasteiger partial charge >= 0.3 is 0 Å². The van der Waals surface area contributed by atoms with Crippen molar-refractivity contribution in [2.75, 3.05) is 0 Å². The lowest BCUT2D eigenvalue weighted by molar-refractivity contribution is 0.104. The van der Waals surface area contributed by atoms with Crippen LogP contribution in [0.25, 0.3) is 12.2 Å². The molecule has 0 heterocycles. The van der Waals surface area contributed by atoms with E-state index in [1.165, 1.54) is 120 Å². The number of carbonyl (C=O) groups excluding carboxylic acids is 1. The van der Waals surface area contributed by atoms with Gasteiger partial charge in [0.15, 0.2) is 5.78 Å². The summed E-state index contributed by atoms with van der Waals surface area (Å²) in [7, 11) is 0. The summed E-state index contributed by atoms with van der Waals surface area (Å²) >= 11 is 0. The highest BCUT2D eigenvalue weighted by atomic mass is 19.1. The highest BCUT2D eigenvalue weighted by Gasteiger charge is 2.14. The zero-order valence-corrected chi connectivity index (χ0v) is 27.0. The molecule has 3 rings (SSSR count). The van der Waals surface area contributed by atoms with E-state index in [-0.39, 0.29) is 17.7 Å². The van der Waals surface area contributed by atoms with E-state index in [1.807, 2.05) is 42.5 Å². The predicted molar refractivity (Wildman–Crippen MR) is 186 cm³/mol. The number of carbonyl (C=O) groups is 1. The van der Waals surface area contributed by atoms with E-state index in [0.717, 1.165) is 35.3 Å². The molecule has 3 aromatic carbocycles. The van der Waals surface area contributed by atoms with Gasteiger partial charge in [-0.1, -0.05) is 152 Å². The molecule has 0 aliphatic heterocycles. The topological polar surface area (TPSA) is 26.3 Å². The number of rotatable bonds is 23. The lowest BCUT2D eigenvalue weighted by Gasteiger charge is -2.20. The lowest BCUT2D eigenvalue weighted by atomic mass is 9.99. The molecule has 0 fully saturated rings. The van der Waals surface area contributed by atoms with Crippen LogP contribution in [0.3, 0.4) is 0 Å². The van der Waals surface area contributed by atoms with Gasteiger partial charge in [0.2, 0.25) is 0 Å². The van der Waals surface area contributed by atoms with Crippen LogP contribution < -0.4 is 4.74 Å². The van der Waals surface area contributed by atoms with Crippen molar-refractivity contribution in [3.63, 3.8) is 0 Å². The Balaban J connectivity index is 1.43. The minimum Gasteiger partial charge on any atom is -0.486 e. The van der Waals surface area contributed by atoms with Crippen LogP contribution in [0.4, 0.5) is 4.39 Å².